The first-order chi connectivity index (χ1) is 15.4. The van der Waals surface area contributed by atoms with Gasteiger partial charge in [0.1, 0.15) is 10.7 Å². The zero-order valence-electron chi connectivity index (χ0n) is 16.2. The lowest BCUT2D eigenvalue weighted by atomic mass is 10.1. The molecule has 0 fully saturated rings. The van der Waals surface area contributed by atoms with Crippen LogP contribution in [0.3, 0.4) is 0 Å². The van der Waals surface area contributed by atoms with E-state index in [0.717, 1.165) is 4.90 Å². The first-order valence-corrected chi connectivity index (χ1v) is 10.5. The molecule has 0 atom stereocenters. The van der Waals surface area contributed by atoms with Gasteiger partial charge in [-0.2, -0.15) is 0 Å². The van der Waals surface area contributed by atoms with Crippen LogP contribution in [-0.4, -0.2) is 17.7 Å². The fourth-order valence-corrected chi connectivity index (χ4v) is 3.70. The van der Waals surface area contributed by atoms with E-state index < -0.39 is 11.8 Å². The molecule has 0 spiro atoms. The van der Waals surface area contributed by atoms with Crippen LogP contribution in [0.25, 0.3) is 0 Å². The molecule has 0 bridgehead atoms. The van der Waals surface area contributed by atoms with Crippen LogP contribution < -0.4 is 15.5 Å². The number of amides is 3. The van der Waals surface area contributed by atoms with E-state index in [1.165, 1.54) is 6.07 Å². The van der Waals surface area contributed by atoms with E-state index in [1.807, 2.05) is 18.2 Å². The van der Waals surface area contributed by atoms with Crippen LogP contribution in [0.15, 0.2) is 83.5 Å². The molecule has 0 unspecified atom stereocenters. The zero-order valence-corrected chi connectivity index (χ0v) is 18.5. The molecule has 0 radical (unpaired) electrons. The van der Waals surface area contributed by atoms with Gasteiger partial charge in [0.25, 0.3) is 17.7 Å². The number of halogens is 3. The summed E-state index contributed by atoms with van der Waals surface area (Å²) >= 11 is 18.4. The third-order valence-corrected chi connectivity index (χ3v) is 5.78. The minimum absolute atomic E-state index is 0.0566. The van der Waals surface area contributed by atoms with Crippen molar-refractivity contribution in [1.82, 2.24) is 0 Å². The van der Waals surface area contributed by atoms with Gasteiger partial charge >= 0.3 is 0 Å². The van der Waals surface area contributed by atoms with Crippen molar-refractivity contribution in [2.75, 3.05) is 15.5 Å². The normalized spacial score (nSPS) is 13.5. The molecule has 3 amide bonds. The number of hydrogen-bond acceptors (Lipinski definition) is 4. The van der Waals surface area contributed by atoms with E-state index in [0.29, 0.717) is 16.9 Å². The maximum Gasteiger partial charge on any atom is 0.283 e. The summed E-state index contributed by atoms with van der Waals surface area (Å²) < 4.78 is 0. The highest BCUT2D eigenvalue weighted by atomic mass is 35.5. The Balaban J connectivity index is 1.57. The van der Waals surface area contributed by atoms with E-state index >= 15 is 0 Å². The third-order valence-electron chi connectivity index (χ3n) is 4.63. The molecule has 160 valence electrons. The number of nitrogens with one attached hydrogen (secondary N) is 2. The molecule has 0 saturated carbocycles. The minimum Gasteiger partial charge on any atom is -0.350 e. The van der Waals surface area contributed by atoms with Crippen LogP contribution in [-0.2, 0) is 9.59 Å². The Morgan fingerprint density at radius 3 is 2.22 bits per heavy atom. The standard InChI is InChI=1S/C23H14Cl3N3O3/c24-16-10-5-11-17(18(16)25)29-22(31)19(26)20(23(29)32)27-15-9-4-6-13(12-15)21(30)28-14-7-2-1-3-8-14/h1-12,27H,(H,28,30). The zero-order chi connectivity index (χ0) is 22.8. The molecule has 2 N–H and O–H groups in total. The lowest BCUT2D eigenvalue weighted by Gasteiger charge is -2.17. The second-order valence-corrected chi connectivity index (χ2v) is 7.90. The SMILES string of the molecule is O=C(Nc1ccccc1)c1cccc(NC2=C(Cl)C(=O)N(c3cccc(Cl)c3Cl)C2=O)c1. The molecule has 0 aliphatic carbocycles. The van der Waals surface area contributed by atoms with Crippen molar-refractivity contribution in [3.63, 3.8) is 0 Å². The monoisotopic (exact) mass is 485 g/mol. The summed E-state index contributed by atoms with van der Waals surface area (Å²) in [6.07, 6.45) is 0. The topological polar surface area (TPSA) is 78.5 Å². The summed E-state index contributed by atoms with van der Waals surface area (Å²) in [5.41, 5.74) is 1.39. The van der Waals surface area contributed by atoms with E-state index in [-0.39, 0.29) is 32.4 Å². The highest BCUT2D eigenvalue weighted by molar-refractivity contribution is 6.54. The molecule has 1 aliphatic rings. The Hall–Kier alpha value is -3.32. The molecule has 1 aliphatic heterocycles. The summed E-state index contributed by atoms with van der Waals surface area (Å²) in [7, 11) is 0. The minimum atomic E-state index is -0.735. The van der Waals surface area contributed by atoms with Gasteiger partial charge in [0, 0.05) is 16.9 Å². The van der Waals surface area contributed by atoms with Crippen LogP contribution in [0, 0.1) is 0 Å². The smallest absolute Gasteiger partial charge is 0.283 e. The van der Waals surface area contributed by atoms with Gasteiger partial charge in [-0.05, 0) is 42.5 Å². The maximum absolute atomic E-state index is 13.0. The lowest BCUT2D eigenvalue weighted by molar-refractivity contribution is -0.120. The molecule has 0 saturated heterocycles. The van der Waals surface area contributed by atoms with Gasteiger partial charge in [0.05, 0.1) is 15.7 Å². The lowest BCUT2D eigenvalue weighted by Crippen LogP contribution is -2.32. The van der Waals surface area contributed by atoms with E-state index in [2.05, 4.69) is 10.6 Å². The van der Waals surface area contributed by atoms with Gasteiger partial charge < -0.3 is 10.6 Å². The Bertz CT molecular complexity index is 1280. The molecular formula is C23H14Cl3N3O3. The van der Waals surface area contributed by atoms with Crippen molar-refractivity contribution in [3.05, 3.63) is 99.1 Å². The van der Waals surface area contributed by atoms with E-state index in [4.69, 9.17) is 34.8 Å². The summed E-state index contributed by atoms with van der Waals surface area (Å²) in [6.45, 7) is 0. The highest BCUT2D eigenvalue weighted by Gasteiger charge is 2.40. The second-order valence-electron chi connectivity index (χ2n) is 6.73. The Morgan fingerprint density at radius 1 is 0.781 bits per heavy atom. The fraction of sp³-hybridized carbons (Fsp3) is 0. The number of imide groups is 1. The maximum atomic E-state index is 13.0. The van der Waals surface area contributed by atoms with Crippen LogP contribution in [0.4, 0.5) is 17.1 Å². The van der Waals surface area contributed by atoms with Gasteiger partial charge in [-0.1, -0.05) is 65.1 Å². The van der Waals surface area contributed by atoms with Gasteiger partial charge in [0.15, 0.2) is 0 Å². The van der Waals surface area contributed by atoms with Gasteiger partial charge in [0.2, 0.25) is 0 Å². The fourth-order valence-electron chi connectivity index (χ4n) is 3.10. The average molecular weight is 487 g/mol. The number of benzene rings is 3. The molecule has 4 rings (SSSR count). The summed E-state index contributed by atoms with van der Waals surface area (Å²) in [4.78, 5) is 39.1. The van der Waals surface area contributed by atoms with Gasteiger partial charge in [-0.25, -0.2) is 4.90 Å². The second kappa shape index (κ2) is 9.04. The number of para-hydroxylation sites is 1. The number of hydrogen-bond donors (Lipinski definition) is 2. The molecule has 3 aromatic rings. The van der Waals surface area contributed by atoms with E-state index in [9.17, 15) is 14.4 Å². The number of rotatable bonds is 5. The van der Waals surface area contributed by atoms with Crippen LogP contribution in [0.1, 0.15) is 10.4 Å². The molecular weight excluding hydrogens is 473 g/mol. The van der Waals surface area contributed by atoms with E-state index in [1.54, 1.807) is 48.5 Å². The Kier molecular flexibility index (Phi) is 6.19. The first-order valence-electron chi connectivity index (χ1n) is 9.33. The molecule has 0 aromatic heterocycles. The van der Waals surface area contributed by atoms with Gasteiger partial charge in [-0.3, -0.25) is 14.4 Å². The summed E-state index contributed by atoms with van der Waals surface area (Å²) in [5, 5.41) is 5.58. The molecule has 32 heavy (non-hydrogen) atoms. The number of carbonyl (C=O) groups is 3. The highest BCUT2D eigenvalue weighted by Crippen LogP contribution is 2.37. The van der Waals surface area contributed by atoms with Crippen LogP contribution in [0.5, 0.6) is 0 Å². The first kappa shape index (κ1) is 21.9. The Labute approximate surface area is 198 Å². The van der Waals surface area contributed by atoms with Crippen LogP contribution in [0.2, 0.25) is 10.0 Å². The quantitative estimate of drug-likeness (QED) is 0.455. The Morgan fingerprint density at radius 2 is 1.47 bits per heavy atom. The van der Waals surface area contributed by atoms with Crippen LogP contribution >= 0.6 is 34.8 Å². The largest absolute Gasteiger partial charge is 0.350 e. The number of carbonyl (C=O) groups excluding carboxylic acids is 3. The van der Waals surface area contributed by atoms with Crippen molar-refractivity contribution >= 4 is 69.6 Å². The average Bonchev–Trinajstić information content (AvgIpc) is 3.00. The van der Waals surface area contributed by atoms with Crippen molar-refractivity contribution in [1.29, 1.82) is 0 Å². The molecule has 6 nitrogen and oxygen atoms in total. The van der Waals surface area contributed by atoms with Crippen molar-refractivity contribution in [2.45, 2.75) is 0 Å². The van der Waals surface area contributed by atoms with Crippen molar-refractivity contribution in [3.8, 4) is 0 Å². The molecule has 3 aromatic carbocycles. The van der Waals surface area contributed by atoms with Crippen molar-refractivity contribution < 1.29 is 14.4 Å². The molecule has 9 heteroatoms. The van der Waals surface area contributed by atoms with Gasteiger partial charge in [-0.15, -0.1) is 0 Å². The predicted octanol–water partition coefficient (Wildman–Crippen LogP) is 5.68. The summed E-state index contributed by atoms with van der Waals surface area (Å²) in [5.74, 6) is -1.76. The number of anilines is 3. The third kappa shape index (κ3) is 4.21. The van der Waals surface area contributed by atoms with Crippen molar-refractivity contribution in [2.24, 2.45) is 0 Å². The molecule has 1 heterocycles. The number of nitrogens with zero attached hydrogens (tertiary/aromatic N) is 1. The predicted molar refractivity (Wildman–Crippen MR) is 126 cm³/mol. The summed E-state index contributed by atoms with van der Waals surface area (Å²) in [6, 6.07) is 20.0.